The largest absolute Gasteiger partial charge is 0.326 e. The minimum Gasteiger partial charge on any atom is -0.326 e. The molecule has 3 atom stereocenters. The fourth-order valence-electron chi connectivity index (χ4n) is 7.42. The first-order valence-electron chi connectivity index (χ1n) is 11.6. The Bertz CT molecular complexity index is 833. The molecule has 9 heteroatoms. The second-order valence-corrected chi connectivity index (χ2v) is 12.1. The number of nitrogens with zero attached hydrogens (tertiary/aromatic N) is 3. The molecule has 4 bridgehead atoms. The maximum atomic E-state index is 13.0. The minimum absolute atomic E-state index is 0.00138. The highest BCUT2D eigenvalue weighted by atomic mass is 32.2. The number of amides is 1. The van der Waals surface area contributed by atoms with Gasteiger partial charge in [-0.25, -0.2) is 0 Å². The summed E-state index contributed by atoms with van der Waals surface area (Å²) < 4.78 is 30.8. The summed E-state index contributed by atoms with van der Waals surface area (Å²) in [6.07, 6.45) is 9.33. The molecule has 2 N–H and O–H groups in total. The molecular weight excluding hydrogens is 402 g/mol. The highest BCUT2D eigenvalue weighted by Gasteiger charge is 2.59. The molecule has 0 aromatic heterocycles. The van der Waals surface area contributed by atoms with Gasteiger partial charge in [0.05, 0.1) is 12.6 Å². The maximum absolute atomic E-state index is 13.0. The van der Waals surface area contributed by atoms with Crippen LogP contribution < -0.4 is 10.0 Å². The summed E-state index contributed by atoms with van der Waals surface area (Å²) in [6.45, 7) is 2.14. The van der Waals surface area contributed by atoms with Crippen molar-refractivity contribution in [2.24, 2.45) is 11.8 Å². The van der Waals surface area contributed by atoms with Crippen molar-refractivity contribution in [3.05, 3.63) is 0 Å². The van der Waals surface area contributed by atoms with Crippen LogP contribution in [0.2, 0.25) is 0 Å². The van der Waals surface area contributed by atoms with E-state index < -0.39 is 10.2 Å². The zero-order chi connectivity index (χ0) is 21.0. The summed E-state index contributed by atoms with van der Waals surface area (Å²) in [7, 11) is -3.46. The molecule has 2 unspecified atom stereocenters. The number of carbonyl (C=O) groups is 1. The smallest absolute Gasteiger partial charge is 0.279 e. The number of hydrogen-bond acceptors (Lipinski definition) is 5. The van der Waals surface area contributed by atoms with E-state index >= 15 is 0 Å². The van der Waals surface area contributed by atoms with Crippen LogP contribution in [0.15, 0.2) is 0 Å². The topological polar surface area (TPSA) is 106 Å². The predicted molar refractivity (Wildman–Crippen MR) is 111 cm³/mol. The fraction of sp³-hybridized carbons (Fsp3) is 0.905. The van der Waals surface area contributed by atoms with Gasteiger partial charge in [0.15, 0.2) is 0 Å². The Morgan fingerprint density at radius 1 is 1.03 bits per heavy atom. The summed E-state index contributed by atoms with van der Waals surface area (Å²) in [4.78, 5) is 14.5. The molecule has 166 valence electrons. The molecule has 6 fully saturated rings. The lowest BCUT2D eigenvalue weighted by Gasteiger charge is -2.62. The lowest BCUT2D eigenvalue weighted by atomic mass is 9.50. The summed E-state index contributed by atoms with van der Waals surface area (Å²) in [5, 5.41) is 12.9. The van der Waals surface area contributed by atoms with Crippen LogP contribution in [0.3, 0.4) is 0 Å². The number of nitriles is 1. The average Bonchev–Trinajstić information content (AvgIpc) is 3.36. The first-order valence-corrected chi connectivity index (χ1v) is 13.0. The van der Waals surface area contributed by atoms with Gasteiger partial charge in [-0.1, -0.05) is 0 Å². The monoisotopic (exact) mass is 435 g/mol. The third kappa shape index (κ3) is 3.66. The Morgan fingerprint density at radius 3 is 2.37 bits per heavy atom. The number of hydrogen-bond donors (Lipinski definition) is 2. The van der Waals surface area contributed by atoms with Crippen LogP contribution in [-0.2, 0) is 15.0 Å². The van der Waals surface area contributed by atoms with E-state index in [2.05, 4.69) is 16.1 Å². The van der Waals surface area contributed by atoms with E-state index in [1.807, 2.05) is 0 Å². The molecule has 6 rings (SSSR count). The Hall–Kier alpha value is -1.21. The first kappa shape index (κ1) is 20.7. The van der Waals surface area contributed by atoms with E-state index in [1.54, 1.807) is 9.21 Å². The molecule has 2 aliphatic heterocycles. The molecule has 1 amide bonds. The minimum atomic E-state index is -3.46. The van der Waals surface area contributed by atoms with Gasteiger partial charge in [-0.3, -0.25) is 4.79 Å². The van der Waals surface area contributed by atoms with Crippen molar-refractivity contribution in [3.63, 3.8) is 0 Å². The molecule has 0 aromatic carbocycles. The van der Waals surface area contributed by atoms with Crippen LogP contribution in [-0.4, -0.2) is 66.8 Å². The lowest BCUT2D eigenvalue weighted by molar-refractivity contribution is -0.131. The van der Waals surface area contributed by atoms with Crippen molar-refractivity contribution in [1.29, 1.82) is 5.26 Å². The van der Waals surface area contributed by atoms with Gasteiger partial charge in [0.2, 0.25) is 5.91 Å². The molecule has 6 aliphatic rings. The SMILES string of the molecule is N#C[C@@H]1CCCN1C(=O)CNC12CC3CC(C1)CC(NS(=O)(=O)N1CCCC1)(C3)C2. The molecule has 8 nitrogen and oxygen atoms in total. The Kier molecular flexibility index (Phi) is 5.13. The van der Waals surface area contributed by atoms with E-state index in [1.165, 1.54) is 6.42 Å². The zero-order valence-electron chi connectivity index (χ0n) is 17.6. The molecular formula is C21H33N5O3S. The fourth-order valence-corrected chi connectivity index (χ4v) is 9.07. The van der Waals surface area contributed by atoms with E-state index in [9.17, 15) is 18.5 Å². The van der Waals surface area contributed by atoms with Crippen molar-refractivity contribution in [1.82, 2.24) is 19.2 Å². The van der Waals surface area contributed by atoms with Crippen LogP contribution in [0, 0.1) is 23.2 Å². The highest BCUT2D eigenvalue weighted by Crippen LogP contribution is 2.57. The molecule has 2 saturated heterocycles. The van der Waals surface area contributed by atoms with Gasteiger partial charge in [0.25, 0.3) is 10.2 Å². The first-order chi connectivity index (χ1) is 14.3. The lowest BCUT2D eigenvalue weighted by Crippen LogP contribution is -2.70. The second-order valence-electron chi connectivity index (χ2n) is 10.5. The third-order valence-electron chi connectivity index (χ3n) is 8.15. The van der Waals surface area contributed by atoms with Gasteiger partial charge in [0, 0.05) is 30.7 Å². The van der Waals surface area contributed by atoms with E-state index in [-0.39, 0.29) is 29.6 Å². The van der Waals surface area contributed by atoms with Crippen molar-refractivity contribution < 1.29 is 13.2 Å². The highest BCUT2D eigenvalue weighted by molar-refractivity contribution is 7.87. The van der Waals surface area contributed by atoms with Gasteiger partial charge in [0.1, 0.15) is 6.04 Å². The van der Waals surface area contributed by atoms with Crippen LogP contribution in [0.1, 0.15) is 64.2 Å². The van der Waals surface area contributed by atoms with Gasteiger partial charge < -0.3 is 10.2 Å². The van der Waals surface area contributed by atoms with Gasteiger partial charge in [-0.05, 0) is 76.0 Å². The molecule has 4 saturated carbocycles. The van der Waals surface area contributed by atoms with E-state index in [0.717, 1.165) is 57.8 Å². The van der Waals surface area contributed by atoms with Gasteiger partial charge in [-0.15, -0.1) is 0 Å². The van der Waals surface area contributed by atoms with E-state index in [0.29, 0.717) is 31.5 Å². The number of likely N-dealkylation sites (tertiary alicyclic amines) is 1. The van der Waals surface area contributed by atoms with Crippen LogP contribution in [0.5, 0.6) is 0 Å². The normalized spacial score (nSPS) is 40.8. The Morgan fingerprint density at radius 2 is 1.70 bits per heavy atom. The summed E-state index contributed by atoms with van der Waals surface area (Å²) >= 11 is 0. The summed E-state index contributed by atoms with van der Waals surface area (Å²) in [6, 6.07) is 1.95. The molecule has 30 heavy (non-hydrogen) atoms. The summed E-state index contributed by atoms with van der Waals surface area (Å²) in [5.74, 6) is 1.02. The Balaban J connectivity index is 1.29. The van der Waals surface area contributed by atoms with Crippen molar-refractivity contribution in [2.75, 3.05) is 26.2 Å². The zero-order valence-corrected chi connectivity index (χ0v) is 18.4. The average molecular weight is 436 g/mol. The molecule has 4 aliphatic carbocycles. The van der Waals surface area contributed by atoms with Crippen molar-refractivity contribution >= 4 is 16.1 Å². The molecule has 0 radical (unpaired) electrons. The van der Waals surface area contributed by atoms with E-state index in [4.69, 9.17) is 0 Å². The predicted octanol–water partition coefficient (Wildman–Crippen LogP) is 1.11. The molecule has 2 heterocycles. The van der Waals surface area contributed by atoms with Crippen LogP contribution >= 0.6 is 0 Å². The van der Waals surface area contributed by atoms with Crippen LogP contribution in [0.25, 0.3) is 0 Å². The standard InChI is InChI=1S/C21H33N5O3S/c22-13-18-4-3-7-26(18)19(27)14-23-20-9-16-8-17(10-20)12-21(11-16,15-20)24-30(28,29)25-5-1-2-6-25/h16-18,23-24H,1-12,14-15H2/t16?,17?,18-,20?,21?/m0/s1. The number of nitrogens with one attached hydrogen (secondary N) is 2. The second kappa shape index (κ2) is 7.44. The number of rotatable bonds is 6. The quantitative estimate of drug-likeness (QED) is 0.650. The number of carbonyl (C=O) groups excluding carboxylic acids is 1. The molecule has 0 spiro atoms. The molecule has 0 aromatic rings. The van der Waals surface area contributed by atoms with Crippen molar-refractivity contribution in [3.8, 4) is 6.07 Å². The summed E-state index contributed by atoms with van der Waals surface area (Å²) in [5.41, 5.74) is -0.556. The van der Waals surface area contributed by atoms with Gasteiger partial charge >= 0.3 is 0 Å². The third-order valence-corrected chi connectivity index (χ3v) is 9.88. The van der Waals surface area contributed by atoms with Crippen molar-refractivity contribution in [2.45, 2.75) is 81.3 Å². The van der Waals surface area contributed by atoms with Gasteiger partial charge in [-0.2, -0.15) is 22.7 Å². The Labute approximate surface area is 179 Å². The maximum Gasteiger partial charge on any atom is 0.279 e. The van der Waals surface area contributed by atoms with Crippen LogP contribution in [0.4, 0.5) is 0 Å².